The third-order valence-electron chi connectivity index (χ3n) is 4.72. The Balaban J connectivity index is 2.02. The van der Waals surface area contributed by atoms with E-state index >= 15 is 0 Å². The maximum Gasteiger partial charge on any atom is 0.0369 e. The highest BCUT2D eigenvalue weighted by atomic mass is 15.1. The van der Waals surface area contributed by atoms with Crippen molar-refractivity contribution < 1.29 is 0 Å². The van der Waals surface area contributed by atoms with E-state index in [1.807, 2.05) is 0 Å². The molecule has 0 spiro atoms. The van der Waals surface area contributed by atoms with E-state index in [4.69, 9.17) is 5.73 Å². The number of nitrogens with zero attached hydrogens (tertiary/aromatic N) is 1. The third-order valence-corrected chi connectivity index (χ3v) is 4.72. The predicted molar refractivity (Wildman–Crippen MR) is 88.3 cm³/mol. The minimum Gasteiger partial charge on any atom is -0.372 e. The van der Waals surface area contributed by atoms with Crippen molar-refractivity contribution >= 4 is 5.69 Å². The molecule has 112 valence electrons. The molecule has 2 heteroatoms. The molecule has 1 aromatic rings. The molecule has 1 heterocycles. The molecule has 1 aliphatic rings. The normalized spacial score (nSPS) is 18.6. The summed E-state index contributed by atoms with van der Waals surface area (Å²) in [7, 11) is 0. The summed E-state index contributed by atoms with van der Waals surface area (Å²) in [5.74, 6) is 1.73. The molecule has 0 bridgehead atoms. The van der Waals surface area contributed by atoms with E-state index < -0.39 is 0 Å². The van der Waals surface area contributed by atoms with Crippen LogP contribution in [-0.2, 0) is 6.42 Å². The average molecular weight is 274 g/mol. The Morgan fingerprint density at radius 2 is 1.85 bits per heavy atom. The fourth-order valence-corrected chi connectivity index (χ4v) is 3.28. The number of hydrogen-bond donors (Lipinski definition) is 1. The number of anilines is 1. The van der Waals surface area contributed by atoms with E-state index in [0.717, 1.165) is 18.3 Å². The number of piperidine rings is 1. The molecule has 1 fully saturated rings. The monoisotopic (exact) mass is 274 g/mol. The SMILES string of the molecule is Cc1cc(N2CCC(C(C)C)CC2)ccc1CC(C)N. The molecule has 1 aliphatic heterocycles. The molecule has 1 atom stereocenters. The van der Waals surface area contributed by atoms with E-state index in [2.05, 4.69) is 50.8 Å². The average Bonchev–Trinajstić information content (AvgIpc) is 2.41. The van der Waals surface area contributed by atoms with Gasteiger partial charge in [-0.05, 0) is 68.2 Å². The Bertz CT molecular complexity index is 429. The zero-order valence-electron chi connectivity index (χ0n) is 13.5. The number of rotatable bonds is 4. The molecular weight excluding hydrogens is 244 g/mol. The summed E-state index contributed by atoms with van der Waals surface area (Å²) in [5.41, 5.74) is 10.1. The van der Waals surface area contributed by atoms with Crippen LogP contribution in [0, 0.1) is 18.8 Å². The third kappa shape index (κ3) is 3.76. The first-order valence-corrected chi connectivity index (χ1v) is 8.07. The molecule has 1 unspecified atom stereocenters. The largest absolute Gasteiger partial charge is 0.372 e. The fraction of sp³-hybridized carbons (Fsp3) is 0.667. The van der Waals surface area contributed by atoms with Crippen LogP contribution < -0.4 is 10.6 Å². The topological polar surface area (TPSA) is 29.3 Å². The van der Waals surface area contributed by atoms with Crippen LogP contribution in [0.25, 0.3) is 0 Å². The van der Waals surface area contributed by atoms with Gasteiger partial charge in [-0.1, -0.05) is 19.9 Å². The van der Waals surface area contributed by atoms with Gasteiger partial charge in [0.25, 0.3) is 0 Å². The second-order valence-electron chi connectivity index (χ2n) is 6.86. The zero-order valence-corrected chi connectivity index (χ0v) is 13.5. The molecule has 0 radical (unpaired) electrons. The van der Waals surface area contributed by atoms with Crippen molar-refractivity contribution in [2.75, 3.05) is 18.0 Å². The van der Waals surface area contributed by atoms with Crippen molar-refractivity contribution in [1.29, 1.82) is 0 Å². The van der Waals surface area contributed by atoms with Gasteiger partial charge in [0, 0.05) is 24.8 Å². The summed E-state index contributed by atoms with van der Waals surface area (Å²) in [6.45, 7) is 11.4. The van der Waals surface area contributed by atoms with Crippen molar-refractivity contribution in [3.8, 4) is 0 Å². The Hall–Kier alpha value is -1.02. The molecule has 1 aromatic carbocycles. The maximum atomic E-state index is 5.91. The molecule has 2 nitrogen and oxygen atoms in total. The number of nitrogens with two attached hydrogens (primary N) is 1. The van der Waals surface area contributed by atoms with Crippen LogP contribution in [0.1, 0.15) is 44.7 Å². The Morgan fingerprint density at radius 3 is 2.35 bits per heavy atom. The maximum absolute atomic E-state index is 5.91. The van der Waals surface area contributed by atoms with Crippen LogP contribution in [0.4, 0.5) is 5.69 Å². The van der Waals surface area contributed by atoms with Gasteiger partial charge in [-0.2, -0.15) is 0 Å². The van der Waals surface area contributed by atoms with Gasteiger partial charge < -0.3 is 10.6 Å². The van der Waals surface area contributed by atoms with Crippen molar-refractivity contribution in [2.45, 2.75) is 53.0 Å². The van der Waals surface area contributed by atoms with Crippen LogP contribution in [0.2, 0.25) is 0 Å². The minimum absolute atomic E-state index is 0.237. The van der Waals surface area contributed by atoms with Gasteiger partial charge in [0.1, 0.15) is 0 Å². The summed E-state index contributed by atoms with van der Waals surface area (Å²) in [6, 6.07) is 7.12. The molecule has 0 saturated carbocycles. The Labute approximate surface area is 124 Å². The van der Waals surface area contributed by atoms with Gasteiger partial charge >= 0.3 is 0 Å². The zero-order chi connectivity index (χ0) is 14.7. The van der Waals surface area contributed by atoms with Gasteiger partial charge in [0.2, 0.25) is 0 Å². The first-order valence-electron chi connectivity index (χ1n) is 8.07. The molecule has 20 heavy (non-hydrogen) atoms. The van der Waals surface area contributed by atoms with E-state index in [-0.39, 0.29) is 6.04 Å². The minimum atomic E-state index is 0.237. The van der Waals surface area contributed by atoms with Gasteiger partial charge in [-0.25, -0.2) is 0 Å². The van der Waals surface area contributed by atoms with Crippen LogP contribution in [0.5, 0.6) is 0 Å². The standard InChI is InChI=1S/C18H30N2/c1-13(2)16-7-9-20(10-8-16)18-6-5-17(12-15(4)19)14(3)11-18/h5-6,11,13,15-16H,7-10,12,19H2,1-4H3. The van der Waals surface area contributed by atoms with Crippen LogP contribution in [0.3, 0.4) is 0 Å². The number of aryl methyl sites for hydroxylation is 1. The van der Waals surface area contributed by atoms with Crippen molar-refractivity contribution in [3.63, 3.8) is 0 Å². The first-order chi connectivity index (χ1) is 9.47. The lowest BCUT2D eigenvalue weighted by Crippen LogP contribution is -2.35. The van der Waals surface area contributed by atoms with Crippen molar-refractivity contribution in [2.24, 2.45) is 17.6 Å². The van der Waals surface area contributed by atoms with Crippen LogP contribution >= 0.6 is 0 Å². The van der Waals surface area contributed by atoms with Crippen LogP contribution in [0.15, 0.2) is 18.2 Å². The van der Waals surface area contributed by atoms with Crippen molar-refractivity contribution in [3.05, 3.63) is 29.3 Å². The van der Waals surface area contributed by atoms with E-state index in [9.17, 15) is 0 Å². The molecule has 2 N–H and O–H groups in total. The number of benzene rings is 1. The second kappa shape index (κ2) is 6.62. The lowest BCUT2D eigenvalue weighted by Gasteiger charge is -2.35. The molecular formula is C18H30N2. The van der Waals surface area contributed by atoms with Gasteiger partial charge in [0.05, 0.1) is 0 Å². The smallest absolute Gasteiger partial charge is 0.0369 e. The van der Waals surface area contributed by atoms with E-state index in [0.29, 0.717) is 0 Å². The molecule has 0 amide bonds. The summed E-state index contributed by atoms with van der Waals surface area (Å²) in [6.07, 6.45) is 3.64. The molecule has 2 rings (SSSR count). The lowest BCUT2D eigenvalue weighted by molar-refractivity contribution is 0.311. The lowest BCUT2D eigenvalue weighted by atomic mass is 9.86. The van der Waals surface area contributed by atoms with Gasteiger partial charge in [-0.3, -0.25) is 0 Å². The highest BCUT2D eigenvalue weighted by molar-refractivity contribution is 5.51. The second-order valence-corrected chi connectivity index (χ2v) is 6.86. The molecule has 1 saturated heterocycles. The summed E-state index contributed by atoms with van der Waals surface area (Å²) >= 11 is 0. The Kier molecular flexibility index (Phi) is 5.09. The quantitative estimate of drug-likeness (QED) is 0.906. The van der Waals surface area contributed by atoms with Gasteiger partial charge in [0.15, 0.2) is 0 Å². The molecule has 0 aliphatic carbocycles. The summed E-state index contributed by atoms with van der Waals surface area (Å²) in [5, 5.41) is 0. The van der Waals surface area contributed by atoms with Crippen LogP contribution in [-0.4, -0.2) is 19.1 Å². The molecule has 0 aromatic heterocycles. The van der Waals surface area contributed by atoms with Gasteiger partial charge in [-0.15, -0.1) is 0 Å². The number of hydrogen-bond acceptors (Lipinski definition) is 2. The van der Waals surface area contributed by atoms with E-state index in [1.165, 1.54) is 42.7 Å². The van der Waals surface area contributed by atoms with E-state index in [1.54, 1.807) is 0 Å². The Morgan fingerprint density at radius 1 is 1.20 bits per heavy atom. The predicted octanol–water partition coefficient (Wildman–Crippen LogP) is 3.76. The summed E-state index contributed by atoms with van der Waals surface area (Å²) in [4.78, 5) is 2.54. The highest BCUT2D eigenvalue weighted by Gasteiger charge is 2.21. The van der Waals surface area contributed by atoms with Crippen molar-refractivity contribution in [1.82, 2.24) is 0 Å². The first kappa shape index (κ1) is 15.4. The highest BCUT2D eigenvalue weighted by Crippen LogP contribution is 2.28. The fourth-order valence-electron chi connectivity index (χ4n) is 3.28. The summed E-state index contributed by atoms with van der Waals surface area (Å²) < 4.78 is 0.